The summed E-state index contributed by atoms with van der Waals surface area (Å²) in [6, 6.07) is 3.43. The summed E-state index contributed by atoms with van der Waals surface area (Å²) in [5.74, 6) is -0.533. The minimum Gasteiger partial charge on any atom is -0.472 e. The fourth-order valence-corrected chi connectivity index (χ4v) is 3.16. The molecular formula is C17H17NO7. The quantitative estimate of drug-likeness (QED) is 0.537. The predicted molar refractivity (Wildman–Crippen MR) is 83.1 cm³/mol. The van der Waals surface area contributed by atoms with Gasteiger partial charge in [0.2, 0.25) is 5.91 Å². The van der Waals surface area contributed by atoms with Gasteiger partial charge in [0.1, 0.15) is 18.3 Å². The highest BCUT2D eigenvalue weighted by Crippen LogP contribution is 2.33. The van der Waals surface area contributed by atoms with Gasteiger partial charge < -0.3 is 33.8 Å². The fourth-order valence-electron chi connectivity index (χ4n) is 3.16. The molecule has 0 aromatic carbocycles. The lowest BCUT2D eigenvalue weighted by Crippen LogP contribution is -2.57. The molecule has 4 atom stereocenters. The summed E-state index contributed by atoms with van der Waals surface area (Å²) in [6.45, 7) is -0.107. The van der Waals surface area contributed by atoms with E-state index in [0.29, 0.717) is 16.7 Å². The van der Waals surface area contributed by atoms with E-state index in [2.05, 4.69) is 5.32 Å². The van der Waals surface area contributed by atoms with Gasteiger partial charge in [-0.15, -0.1) is 0 Å². The third-order valence-electron chi connectivity index (χ3n) is 4.37. The van der Waals surface area contributed by atoms with Crippen LogP contribution in [0.3, 0.4) is 0 Å². The number of rotatable bonds is 4. The van der Waals surface area contributed by atoms with Crippen molar-refractivity contribution >= 4 is 11.5 Å². The summed E-state index contributed by atoms with van der Waals surface area (Å²) in [7, 11) is 0. The topological polar surface area (TPSA) is 114 Å². The Bertz CT molecular complexity index is 731. The molecule has 0 aliphatic carbocycles. The summed E-state index contributed by atoms with van der Waals surface area (Å²) in [4.78, 5) is 12.5. The van der Waals surface area contributed by atoms with Gasteiger partial charge >= 0.3 is 0 Å². The molecule has 0 saturated carbocycles. The third-order valence-corrected chi connectivity index (χ3v) is 4.37. The summed E-state index contributed by atoms with van der Waals surface area (Å²) in [5.41, 5.74) is 0.257. The van der Waals surface area contributed by atoms with E-state index in [1.165, 1.54) is 31.1 Å². The average Bonchev–Trinajstić information content (AvgIpc) is 3.33. The van der Waals surface area contributed by atoms with E-state index in [1.54, 1.807) is 12.1 Å². The van der Waals surface area contributed by atoms with Crippen LogP contribution in [0.2, 0.25) is 0 Å². The molecule has 2 saturated heterocycles. The van der Waals surface area contributed by atoms with Crippen molar-refractivity contribution in [2.75, 3.05) is 13.2 Å². The second-order valence-electron chi connectivity index (χ2n) is 6.09. The molecule has 0 bridgehead atoms. The minimum atomic E-state index is -1.70. The Hall–Kier alpha value is -2.39. The number of amides is 1. The van der Waals surface area contributed by atoms with Crippen LogP contribution in [0.25, 0.3) is 5.57 Å². The van der Waals surface area contributed by atoms with Gasteiger partial charge in [-0.1, -0.05) is 0 Å². The van der Waals surface area contributed by atoms with E-state index in [-0.39, 0.29) is 13.2 Å². The van der Waals surface area contributed by atoms with E-state index in [9.17, 15) is 15.0 Å². The molecule has 1 amide bonds. The maximum absolute atomic E-state index is 12.5. The molecular weight excluding hydrogens is 330 g/mol. The molecule has 25 heavy (non-hydrogen) atoms. The van der Waals surface area contributed by atoms with Crippen LogP contribution in [0.5, 0.6) is 0 Å². The number of ether oxygens (including phenoxy) is 2. The van der Waals surface area contributed by atoms with Crippen molar-refractivity contribution in [3.8, 4) is 0 Å². The lowest BCUT2D eigenvalue weighted by Gasteiger charge is -2.27. The van der Waals surface area contributed by atoms with Gasteiger partial charge in [-0.3, -0.25) is 4.79 Å². The number of hydrogen-bond acceptors (Lipinski definition) is 7. The molecule has 2 aromatic heterocycles. The fraction of sp³-hybridized carbons (Fsp3) is 0.353. The van der Waals surface area contributed by atoms with E-state index >= 15 is 0 Å². The first-order valence-corrected chi connectivity index (χ1v) is 7.79. The molecule has 4 heterocycles. The largest absolute Gasteiger partial charge is 0.472 e. The monoisotopic (exact) mass is 347 g/mol. The number of fused-ring (bicyclic) bond motifs is 1. The third kappa shape index (κ3) is 2.89. The second-order valence-corrected chi connectivity index (χ2v) is 6.09. The zero-order valence-corrected chi connectivity index (χ0v) is 13.1. The van der Waals surface area contributed by atoms with Crippen molar-refractivity contribution in [3.05, 3.63) is 54.4 Å². The first-order chi connectivity index (χ1) is 12.1. The van der Waals surface area contributed by atoms with Crippen molar-refractivity contribution in [1.82, 2.24) is 5.32 Å². The number of nitrogens with one attached hydrogen (secondary N) is 1. The summed E-state index contributed by atoms with van der Waals surface area (Å²) in [6.07, 6.45) is 5.06. The van der Waals surface area contributed by atoms with Gasteiger partial charge in [0.05, 0.1) is 38.3 Å². The minimum absolute atomic E-state index is 0.0542. The summed E-state index contributed by atoms with van der Waals surface area (Å²) < 4.78 is 20.9. The van der Waals surface area contributed by atoms with Crippen LogP contribution in [0, 0.1) is 0 Å². The predicted octanol–water partition coefficient (Wildman–Crippen LogP) is 0.268. The number of hydrogen-bond donors (Lipinski definition) is 3. The van der Waals surface area contributed by atoms with Crippen LogP contribution < -0.4 is 5.32 Å². The number of carbonyl (C=O) groups is 1. The van der Waals surface area contributed by atoms with Crippen molar-refractivity contribution in [3.63, 3.8) is 0 Å². The maximum Gasteiger partial charge on any atom is 0.246 e. The molecule has 2 aromatic rings. The van der Waals surface area contributed by atoms with Gasteiger partial charge in [0.25, 0.3) is 0 Å². The van der Waals surface area contributed by atoms with Crippen LogP contribution in [0.4, 0.5) is 0 Å². The Morgan fingerprint density at radius 2 is 1.88 bits per heavy atom. The van der Waals surface area contributed by atoms with Crippen molar-refractivity contribution in [2.45, 2.75) is 24.0 Å². The lowest BCUT2D eigenvalue weighted by atomic mass is 10.0. The molecule has 3 N–H and O–H groups in total. The molecule has 0 radical (unpaired) electrons. The van der Waals surface area contributed by atoms with Crippen LogP contribution in [0.1, 0.15) is 11.1 Å². The van der Waals surface area contributed by atoms with Crippen LogP contribution in [-0.2, 0) is 14.3 Å². The average molecular weight is 347 g/mol. The van der Waals surface area contributed by atoms with Crippen LogP contribution in [0.15, 0.2) is 52.1 Å². The van der Waals surface area contributed by atoms with E-state index in [4.69, 9.17) is 18.3 Å². The molecule has 0 unspecified atom stereocenters. The van der Waals surface area contributed by atoms with Crippen LogP contribution in [-0.4, -0.2) is 53.4 Å². The number of aliphatic hydroxyl groups excluding tert-OH is 1. The van der Waals surface area contributed by atoms with Gasteiger partial charge in [-0.25, -0.2) is 0 Å². The van der Waals surface area contributed by atoms with Crippen LogP contribution >= 0.6 is 0 Å². The van der Waals surface area contributed by atoms with Crippen molar-refractivity contribution in [2.24, 2.45) is 0 Å². The first-order valence-electron chi connectivity index (χ1n) is 7.79. The molecule has 4 rings (SSSR count). The Morgan fingerprint density at radius 1 is 1.20 bits per heavy atom. The SMILES string of the molecule is O=C(C=C(c1ccoc1)c1ccoc1)N[C@@]1(O)CO[C@@H]2[C@H](O)CO[C@@H]21. The summed E-state index contributed by atoms with van der Waals surface area (Å²) >= 11 is 0. The molecule has 0 spiro atoms. The summed E-state index contributed by atoms with van der Waals surface area (Å²) in [5, 5.41) is 22.9. The van der Waals surface area contributed by atoms with Crippen molar-refractivity contribution < 1.29 is 33.3 Å². The van der Waals surface area contributed by atoms with Gasteiger partial charge in [-0.2, -0.15) is 0 Å². The van der Waals surface area contributed by atoms with E-state index in [0.717, 1.165) is 0 Å². The van der Waals surface area contributed by atoms with Gasteiger partial charge in [-0.05, 0) is 12.1 Å². The number of furan rings is 2. The molecule has 2 aliphatic rings. The Labute approximate surface area is 142 Å². The highest BCUT2D eigenvalue weighted by Gasteiger charge is 2.56. The lowest BCUT2D eigenvalue weighted by molar-refractivity contribution is -0.133. The zero-order chi connectivity index (χ0) is 17.4. The number of carbonyl (C=O) groups excluding carboxylic acids is 1. The smallest absolute Gasteiger partial charge is 0.246 e. The maximum atomic E-state index is 12.5. The van der Waals surface area contributed by atoms with Crippen molar-refractivity contribution in [1.29, 1.82) is 0 Å². The Kier molecular flexibility index (Phi) is 3.97. The normalized spacial score (nSPS) is 30.9. The Morgan fingerprint density at radius 3 is 2.48 bits per heavy atom. The molecule has 132 valence electrons. The molecule has 2 fully saturated rings. The Balaban J connectivity index is 1.57. The van der Waals surface area contributed by atoms with E-state index < -0.39 is 29.9 Å². The second kappa shape index (κ2) is 6.16. The van der Waals surface area contributed by atoms with E-state index in [1.807, 2.05) is 0 Å². The highest BCUT2D eigenvalue weighted by molar-refractivity contribution is 5.99. The van der Waals surface area contributed by atoms with Gasteiger partial charge in [0.15, 0.2) is 5.72 Å². The molecule has 8 heteroatoms. The zero-order valence-electron chi connectivity index (χ0n) is 13.1. The van der Waals surface area contributed by atoms with Gasteiger partial charge in [0, 0.05) is 22.8 Å². The first kappa shape index (κ1) is 16.1. The molecule has 2 aliphatic heterocycles. The highest BCUT2D eigenvalue weighted by atomic mass is 16.6. The molecule has 8 nitrogen and oxygen atoms in total. The number of aliphatic hydroxyl groups is 2. The standard InChI is InChI=1S/C17H17NO7/c19-13-8-24-16-15(13)25-9-17(16,21)18-14(20)5-12(10-1-3-22-6-10)11-2-4-23-7-11/h1-7,13,15-16,19,21H,8-9H2,(H,18,20)/t13-,15-,16+,17-/m1/s1.